The van der Waals surface area contributed by atoms with Gasteiger partial charge in [0.2, 0.25) is 5.91 Å². The minimum atomic E-state index is -0.0845. The molecule has 1 aromatic carbocycles. The SMILES string of the molecule is Cc1cccc(Cl)c1NC(=O)CN1CCCC(C)C1CO. The highest BCUT2D eigenvalue weighted by molar-refractivity contribution is 6.33. The van der Waals surface area contributed by atoms with E-state index in [2.05, 4.69) is 17.1 Å². The predicted molar refractivity (Wildman–Crippen MR) is 85.7 cm³/mol. The quantitative estimate of drug-likeness (QED) is 0.899. The number of piperidine rings is 1. The second-order valence-electron chi connectivity index (χ2n) is 5.82. The van der Waals surface area contributed by atoms with Crippen LogP contribution in [0.25, 0.3) is 0 Å². The van der Waals surface area contributed by atoms with E-state index in [4.69, 9.17) is 11.6 Å². The van der Waals surface area contributed by atoms with Crippen molar-refractivity contribution in [3.8, 4) is 0 Å². The molecule has 0 aromatic heterocycles. The van der Waals surface area contributed by atoms with Crippen LogP contribution >= 0.6 is 11.6 Å². The summed E-state index contributed by atoms with van der Waals surface area (Å²) < 4.78 is 0. The maximum absolute atomic E-state index is 12.3. The number of aliphatic hydroxyl groups is 1. The van der Waals surface area contributed by atoms with Crippen molar-refractivity contribution in [2.45, 2.75) is 32.7 Å². The Morgan fingerprint density at radius 3 is 2.95 bits per heavy atom. The average Bonchev–Trinajstić information content (AvgIpc) is 2.43. The summed E-state index contributed by atoms with van der Waals surface area (Å²) in [5, 5.41) is 13.0. The highest BCUT2D eigenvalue weighted by atomic mass is 35.5. The van der Waals surface area contributed by atoms with E-state index >= 15 is 0 Å². The summed E-state index contributed by atoms with van der Waals surface area (Å²) in [5.74, 6) is 0.331. The van der Waals surface area contributed by atoms with Crippen molar-refractivity contribution in [3.05, 3.63) is 28.8 Å². The fourth-order valence-electron chi connectivity index (χ4n) is 2.98. The van der Waals surface area contributed by atoms with Gasteiger partial charge in [-0.15, -0.1) is 0 Å². The summed E-state index contributed by atoms with van der Waals surface area (Å²) in [6, 6.07) is 5.61. The molecule has 21 heavy (non-hydrogen) atoms. The molecule has 2 rings (SSSR count). The Bertz CT molecular complexity index is 487. The van der Waals surface area contributed by atoms with Crippen LogP contribution in [0.2, 0.25) is 5.02 Å². The van der Waals surface area contributed by atoms with Gasteiger partial charge in [0, 0.05) is 6.04 Å². The van der Waals surface area contributed by atoms with Crippen molar-refractivity contribution in [1.82, 2.24) is 4.90 Å². The van der Waals surface area contributed by atoms with Crippen LogP contribution in [0.3, 0.4) is 0 Å². The molecule has 1 aromatic rings. The number of amides is 1. The molecule has 2 unspecified atom stereocenters. The van der Waals surface area contributed by atoms with Gasteiger partial charge in [-0.2, -0.15) is 0 Å². The number of rotatable bonds is 4. The fourth-order valence-corrected chi connectivity index (χ4v) is 3.25. The van der Waals surface area contributed by atoms with Gasteiger partial charge in [0.05, 0.1) is 23.9 Å². The number of benzene rings is 1. The number of carbonyl (C=O) groups excluding carboxylic acids is 1. The standard InChI is InChI=1S/C16H23ClN2O2/c1-11-6-4-8-19(14(11)10-20)9-15(21)18-16-12(2)5-3-7-13(16)17/h3,5,7,11,14,20H,4,6,8-10H2,1-2H3,(H,18,21). The van der Waals surface area contributed by atoms with Crippen LogP contribution < -0.4 is 5.32 Å². The van der Waals surface area contributed by atoms with Crippen LogP contribution in [-0.2, 0) is 4.79 Å². The molecule has 0 saturated carbocycles. The third kappa shape index (κ3) is 3.96. The number of nitrogens with one attached hydrogen (secondary N) is 1. The van der Waals surface area contributed by atoms with Crippen LogP contribution in [0.4, 0.5) is 5.69 Å². The Balaban J connectivity index is 2.01. The zero-order valence-corrected chi connectivity index (χ0v) is 13.4. The number of anilines is 1. The van der Waals surface area contributed by atoms with E-state index in [0.717, 1.165) is 24.9 Å². The highest BCUT2D eigenvalue weighted by Gasteiger charge is 2.29. The van der Waals surface area contributed by atoms with Gasteiger partial charge >= 0.3 is 0 Å². The molecule has 1 aliphatic heterocycles. The largest absolute Gasteiger partial charge is 0.395 e. The second-order valence-corrected chi connectivity index (χ2v) is 6.23. The molecule has 5 heteroatoms. The smallest absolute Gasteiger partial charge is 0.238 e. The van der Waals surface area contributed by atoms with Gasteiger partial charge in [-0.1, -0.05) is 30.7 Å². The fraction of sp³-hybridized carbons (Fsp3) is 0.562. The first-order valence-corrected chi connectivity index (χ1v) is 7.80. The molecule has 0 bridgehead atoms. The van der Waals surface area contributed by atoms with Crippen molar-refractivity contribution >= 4 is 23.2 Å². The van der Waals surface area contributed by atoms with Gasteiger partial charge in [-0.05, 0) is 43.9 Å². The van der Waals surface area contributed by atoms with Crippen LogP contribution in [0, 0.1) is 12.8 Å². The third-order valence-electron chi connectivity index (χ3n) is 4.25. The van der Waals surface area contributed by atoms with Crippen molar-refractivity contribution < 1.29 is 9.90 Å². The number of hydrogen-bond acceptors (Lipinski definition) is 3. The molecule has 0 radical (unpaired) electrons. The molecule has 1 saturated heterocycles. The summed E-state index contributed by atoms with van der Waals surface area (Å²) in [4.78, 5) is 14.3. The summed E-state index contributed by atoms with van der Waals surface area (Å²) in [6.45, 7) is 5.29. The van der Waals surface area contributed by atoms with Crippen LogP contribution in [0.1, 0.15) is 25.3 Å². The Hall–Kier alpha value is -1.10. The van der Waals surface area contributed by atoms with Gasteiger partial charge < -0.3 is 10.4 Å². The van der Waals surface area contributed by atoms with E-state index in [1.54, 1.807) is 6.07 Å². The summed E-state index contributed by atoms with van der Waals surface area (Å²) in [5.41, 5.74) is 1.62. The lowest BCUT2D eigenvalue weighted by atomic mass is 9.91. The zero-order valence-electron chi connectivity index (χ0n) is 12.6. The highest BCUT2D eigenvalue weighted by Crippen LogP contribution is 2.26. The first-order valence-electron chi connectivity index (χ1n) is 7.42. The van der Waals surface area contributed by atoms with E-state index in [0.29, 0.717) is 23.2 Å². The molecule has 1 amide bonds. The van der Waals surface area contributed by atoms with E-state index in [1.807, 2.05) is 19.1 Å². The molecule has 1 fully saturated rings. The lowest BCUT2D eigenvalue weighted by Gasteiger charge is -2.38. The number of hydrogen-bond donors (Lipinski definition) is 2. The lowest BCUT2D eigenvalue weighted by molar-refractivity contribution is -0.118. The number of halogens is 1. The minimum Gasteiger partial charge on any atom is -0.395 e. The number of aryl methyl sites for hydroxylation is 1. The topological polar surface area (TPSA) is 52.6 Å². The number of carbonyl (C=O) groups is 1. The van der Waals surface area contributed by atoms with Gasteiger partial charge in [0.25, 0.3) is 0 Å². The molecule has 0 aliphatic carbocycles. The number of likely N-dealkylation sites (tertiary alicyclic amines) is 1. The number of aliphatic hydroxyl groups excluding tert-OH is 1. The Morgan fingerprint density at radius 2 is 2.29 bits per heavy atom. The maximum Gasteiger partial charge on any atom is 0.238 e. The summed E-state index contributed by atoms with van der Waals surface area (Å²) in [6.07, 6.45) is 2.17. The zero-order chi connectivity index (χ0) is 15.4. The van der Waals surface area contributed by atoms with Crippen LogP contribution in [-0.4, -0.2) is 41.7 Å². The van der Waals surface area contributed by atoms with Gasteiger partial charge in [-0.3, -0.25) is 9.69 Å². The van der Waals surface area contributed by atoms with Crippen molar-refractivity contribution in [2.24, 2.45) is 5.92 Å². The van der Waals surface area contributed by atoms with Crippen LogP contribution in [0.15, 0.2) is 18.2 Å². The molecule has 116 valence electrons. The van der Waals surface area contributed by atoms with E-state index in [-0.39, 0.29) is 18.6 Å². The Morgan fingerprint density at radius 1 is 1.52 bits per heavy atom. The maximum atomic E-state index is 12.3. The van der Waals surface area contributed by atoms with Gasteiger partial charge in [0.15, 0.2) is 0 Å². The average molecular weight is 311 g/mol. The van der Waals surface area contributed by atoms with Crippen molar-refractivity contribution in [1.29, 1.82) is 0 Å². The molecule has 0 spiro atoms. The van der Waals surface area contributed by atoms with Crippen LogP contribution in [0.5, 0.6) is 0 Å². The van der Waals surface area contributed by atoms with Crippen molar-refractivity contribution in [2.75, 3.05) is 25.0 Å². The van der Waals surface area contributed by atoms with E-state index < -0.39 is 0 Å². The Kier molecular flexibility index (Phi) is 5.62. The molecular weight excluding hydrogens is 288 g/mol. The summed E-state index contributed by atoms with van der Waals surface area (Å²) >= 11 is 6.13. The molecule has 1 aliphatic rings. The monoisotopic (exact) mass is 310 g/mol. The summed E-state index contributed by atoms with van der Waals surface area (Å²) in [7, 11) is 0. The van der Waals surface area contributed by atoms with E-state index in [1.165, 1.54) is 0 Å². The first-order chi connectivity index (χ1) is 10.0. The first kappa shape index (κ1) is 16.3. The van der Waals surface area contributed by atoms with Gasteiger partial charge in [0.1, 0.15) is 0 Å². The number of para-hydroxylation sites is 1. The molecule has 2 atom stereocenters. The van der Waals surface area contributed by atoms with E-state index in [9.17, 15) is 9.90 Å². The number of nitrogens with zero attached hydrogens (tertiary/aromatic N) is 1. The molecule has 1 heterocycles. The van der Waals surface area contributed by atoms with Crippen molar-refractivity contribution in [3.63, 3.8) is 0 Å². The normalized spacial score (nSPS) is 23.0. The lowest BCUT2D eigenvalue weighted by Crippen LogP contribution is -2.49. The third-order valence-corrected chi connectivity index (χ3v) is 4.57. The Labute approximate surface area is 131 Å². The molecular formula is C16H23ClN2O2. The minimum absolute atomic E-state index is 0.0665. The van der Waals surface area contributed by atoms with Gasteiger partial charge in [-0.25, -0.2) is 0 Å². The predicted octanol–water partition coefficient (Wildman–Crippen LogP) is 2.68. The second kappa shape index (κ2) is 7.25. The molecule has 2 N–H and O–H groups in total. The molecule has 4 nitrogen and oxygen atoms in total.